The van der Waals surface area contributed by atoms with Crippen LogP contribution in [0.2, 0.25) is 0 Å². The van der Waals surface area contributed by atoms with E-state index in [-0.39, 0.29) is 16.5 Å². The lowest BCUT2D eigenvalue weighted by Gasteiger charge is -2.08. The Labute approximate surface area is 98.4 Å². The third-order valence-corrected chi connectivity index (χ3v) is 2.45. The molecule has 0 saturated heterocycles. The Balaban J connectivity index is 2.86. The molecule has 0 bridgehead atoms. The Morgan fingerprint density at radius 2 is 1.94 bits per heavy atom. The van der Waals surface area contributed by atoms with Gasteiger partial charge in [0.25, 0.3) is 5.56 Å². The van der Waals surface area contributed by atoms with Crippen LogP contribution in [-0.4, -0.2) is 16.0 Å². The van der Waals surface area contributed by atoms with E-state index < -0.39 is 23.1 Å². The Kier molecular flexibility index (Phi) is 2.68. The minimum absolute atomic E-state index is 0.00296. The van der Waals surface area contributed by atoms with Crippen LogP contribution < -0.4 is 5.56 Å². The molecule has 0 saturated carbocycles. The number of Topliss-reactive ketones (excluding diaryl/α,β-unsaturated/α-hetero) is 1. The molecule has 1 N–H and O–H groups in total. The van der Waals surface area contributed by atoms with E-state index >= 15 is 0 Å². The fourth-order valence-electron chi connectivity index (χ4n) is 1.61. The molecule has 0 unspecified atom stereocenters. The van der Waals surface area contributed by atoms with Crippen molar-refractivity contribution >= 4 is 16.6 Å². The van der Waals surface area contributed by atoms with Crippen LogP contribution >= 0.6 is 0 Å². The number of nitrogens with zero attached hydrogens (tertiary/aromatic N) is 1. The Bertz CT molecular complexity index is 689. The number of fused-ring (bicyclic) bond motifs is 1. The molecule has 0 radical (unpaired) electrons. The highest BCUT2D eigenvalue weighted by Crippen LogP contribution is 2.31. The summed E-state index contributed by atoms with van der Waals surface area (Å²) in [6.07, 6.45) is -4.54. The number of halogens is 3. The predicted molar refractivity (Wildman–Crippen MR) is 57.4 cm³/mol. The number of aromatic nitrogens is 2. The number of carbonyl (C=O) groups excluding carboxylic acids is 1. The van der Waals surface area contributed by atoms with Gasteiger partial charge in [-0.25, -0.2) is 5.10 Å². The number of H-pyrrole nitrogens is 1. The zero-order valence-electron chi connectivity index (χ0n) is 9.13. The molecule has 0 aliphatic heterocycles. The highest BCUT2D eigenvalue weighted by molar-refractivity contribution is 6.04. The number of alkyl halides is 3. The van der Waals surface area contributed by atoms with Crippen molar-refractivity contribution in [2.24, 2.45) is 0 Å². The van der Waals surface area contributed by atoms with Gasteiger partial charge in [-0.1, -0.05) is 0 Å². The van der Waals surface area contributed by atoms with Gasteiger partial charge in [-0.2, -0.15) is 18.3 Å². The smallest absolute Gasteiger partial charge is 0.293 e. The third kappa shape index (κ3) is 1.99. The first-order chi connectivity index (χ1) is 8.30. The fraction of sp³-hybridized carbons (Fsp3) is 0.182. The predicted octanol–water partition coefficient (Wildman–Crippen LogP) is 2.14. The Hall–Kier alpha value is -2.18. The van der Waals surface area contributed by atoms with Crippen LogP contribution in [0.1, 0.15) is 23.0 Å². The van der Waals surface area contributed by atoms with Crippen molar-refractivity contribution in [1.29, 1.82) is 0 Å². The van der Waals surface area contributed by atoms with Crippen LogP contribution in [0.25, 0.3) is 10.8 Å². The van der Waals surface area contributed by atoms with Crippen LogP contribution in [0, 0.1) is 0 Å². The van der Waals surface area contributed by atoms with E-state index in [4.69, 9.17) is 0 Å². The molecule has 18 heavy (non-hydrogen) atoms. The number of carbonyl (C=O) groups is 1. The first-order valence-electron chi connectivity index (χ1n) is 4.91. The van der Waals surface area contributed by atoms with Crippen LogP contribution in [0.3, 0.4) is 0 Å². The summed E-state index contributed by atoms with van der Waals surface area (Å²) >= 11 is 0. The molecule has 1 heterocycles. The average Bonchev–Trinajstić information content (AvgIpc) is 2.27. The summed E-state index contributed by atoms with van der Waals surface area (Å²) in [5.41, 5.74) is -1.75. The van der Waals surface area contributed by atoms with Crippen molar-refractivity contribution in [2.75, 3.05) is 0 Å². The van der Waals surface area contributed by atoms with Crippen LogP contribution in [0.4, 0.5) is 13.2 Å². The lowest BCUT2D eigenvalue weighted by molar-refractivity contribution is -0.137. The Morgan fingerprint density at radius 1 is 1.28 bits per heavy atom. The van der Waals surface area contributed by atoms with Gasteiger partial charge in [0.15, 0.2) is 5.78 Å². The molecular weight excluding hydrogens is 249 g/mol. The van der Waals surface area contributed by atoms with Gasteiger partial charge >= 0.3 is 6.18 Å². The van der Waals surface area contributed by atoms with Gasteiger partial charge in [0.2, 0.25) is 0 Å². The van der Waals surface area contributed by atoms with E-state index in [1.807, 2.05) is 0 Å². The van der Waals surface area contributed by atoms with E-state index in [1.165, 1.54) is 6.92 Å². The van der Waals surface area contributed by atoms with Crippen molar-refractivity contribution in [3.8, 4) is 0 Å². The van der Waals surface area contributed by atoms with E-state index in [9.17, 15) is 22.8 Å². The van der Waals surface area contributed by atoms with E-state index in [0.717, 1.165) is 18.2 Å². The molecule has 4 nitrogen and oxygen atoms in total. The quantitative estimate of drug-likeness (QED) is 0.795. The van der Waals surface area contributed by atoms with Crippen LogP contribution in [-0.2, 0) is 6.18 Å². The van der Waals surface area contributed by atoms with Gasteiger partial charge < -0.3 is 0 Å². The zero-order chi connectivity index (χ0) is 13.5. The highest BCUT2D eigenvalue weighted by atomic mass is 19.4. The number of aromatic amines is 1. The second-order valence-electron chi connectivity index (χ2n) is 3.72. The molecule has 0 spiro atoms. The SMILES string of the molecule is CC(=O)c1n[nH]c(=O)c2ccc(C(F)(F)F)cc12. The number of rotatable bonds is 1. The first-order valence-corrected chi connectivity index (χ1v) is 4.91. The fourth-order valence-corrected chi connectivity index (χ4v) is 1.61. The maximum absolute atomic E-state index is 12.6. The monoisotopic (exact) mass is 256 g/mol. The Morgan fingerprint density at radius 3 is 2.50 bits per heavy atom. The minimum atomic E-state index is -4.54. The average molecular weight is 256 g/mol. The summed E-state index contributed by atoms with van der Waals surface area (Å²) in [6.45, 7) is 1.17. The van der Waals surface area contributed by atoms with Gasteiger partial charge in [0, 0.05) is 12.3 Å². The standard InChI is InChI=1S/C11H7F3N2O2/c1-5(17)9-8-4-6(11(12,13)14)2-3-7(8)10(18)16-15-9/h2-4H,1H3,(H,16,18). The number of benzene rings is 1. The van der Waals surface area contributed by atoms with Gasteiger partial charge in [-0.15, -0.1) is 0 Å². The first kappa shape index (κ1) is 12.3. The summed E-state index contributed by atoms with van der Waals surface area (Å²) < 4.78 is 37.7. The molecule has 0 atom stereocenters. The molecule has 0 aliphatic rings. The van der Waals surface area contributed by atoms with Crippen molar-refractivity contribution < 1.29 is 18.0 Å². The third-order valence-electron chi connectivity index (χ3n) is 2.45. The summed E-state index contributed by atoms with van der Waals surface area (Å²) in [5, 5.41) is 5.46. The van der Waals surface area contributed by atoms with Crippen molar-refractivity contribution in [3.05, 3.63) is 39.8 Å². The van der Waals surface area contributed by atoms with Crippen molar-refractivity contribution in [1.82, 2.24) is 10.2 Å². The summed E-state index contributed by atoms with van der Waals surface area (Å²) in [5.74, 6) is -0.518. The number of nitrogens with one attached hydrogen (secondary N) is 1. The minimum Gasteiger partial charge on any atom is -0.293 e. The molecule has 2 aromatic rings. The normalized spacial score (nSPS) is 11.8. The largest absolute Gasteiger partial charge is 0.416 e. The van der Waals surface area contributed by atoms with Crippen LogP contribution in [0.15, 0.2) is 23.0 Å². The molecule has 1 aromatic heterocycles. The summed E-state index contributed by atoms with van der Waals surface area (Å²) in [4.78, 5) is 22.7. The van der Waals surface area contributed by atoms with E-state index in [0.29, 0.717) is 0 Å². The molecule has 0 aliphatic carbocycles. The topological polar surface area (TPSA) is 62.8 Å². The second kappa shape index (κ2) is 3.94. The van der Waals surface area contributed by atoms with Gasteiger partial charge in [-0.3, -0.25) is 9.59 Å². The van der Waals surface area contributed by atoms with Gasteiger partial charge in [0.1, 0.15) is 5.69 Å². The molecule has 0 fully saturated rings. The molecular formula is C11H7F3N2O2. The van der Waals surface area contributed by atoms with E-state index in [1.54, 1.807) is 0 Å². The van der Waals surface area contributed by atoms with Crippen molar-refractivity contribution in [2.45, 2.75) is 13.1 Å². The molecule has 0 amide bonds. The number of ketones is 1. The summed E-state index contributed by atoms with van der Waals surface area (Å²) in [7, 11) is 0. The second-order valence-corrected chi connectivity index (χ2v) is 3.72. The zero-order valence-corrected chi connectivity index (χ0v) is 9.13. The van der Waals surface area contributed by atoms with Gasteiger partial charge in [0.05, 0.1) is 10.9 Å². The maximum Gasteiger partial charge on any atom is 0.416 e. The van der Waals surface area contributed by atoms with Crippen LogP contribution in [0.5, 0.6) is 0 Å². The lowest BCUT2D eigenvalue weighted by atomic mass is 10.1. The lowest BCUT2D eigenvalue weighted by Crippen LogP contribution is -2.14. The number of hydrogen-bond donors (Lipinski definition) is 1. The van der Waals surface area contributed by atoms with Gasteiger partial charge in [-0.05, 0) is 18.2 Å². The maximum atomic E-state index is 12.6. The number of hydrogen-bond acceptors (Lipinski definition) is 3. The van der Waals surface area contributed by atoms with E-state index in [2.05, 4.69) is 10.2 Å². The highest BCUT2D eigenvalue weighted by Gasteiger charge is 2.31. The molecule has 1 aromatic carbocycles. The van der Waals surface area contributed by atoms with Crippen molar-refractivity contribution in [3.63, 3.8) is 0 Å². The molecule has 7 heteroatoms. The molecule has 2 rings (SSSR count). The summed E-state index contributed by atoms with van der Waals surface area (Å²) in [6, 6.07) is 2.58. The molecule has 94 valence electrons.